The molecule has 2 aliphatic carbocycles. The molecule has 0 radical (unpaired) electrons. The van der Waals surface area contributed by atoms with Crippen LogP contribution in [0.4, 0.5) is 0 Å². The normalized spacial score (nSPS) is 22.0. The molecule has 140 valence electrons. The van der Waals surface area contributed by atoms with Gasteiger partial charge in [-0.2, -0.15) is 23.3 Å². The van der Waals surface area contributed by atoms with Crippen molar-refractivity contribution in [2.45, 2.75) is 69.2 Å². The Morgan fingerprint density at radius 2 is 0.920 bits per heavy atom. The van der Waals surface area contributed by atoms with Gasteiger partial charge in [0.2, 0.25) is 0 Å². The minimum absolute atomic E-state index is 0. The number of rotatable bonds is 0. The van der Waals surface area contributed by atoms with E-state index in [4.69, 9.17) is 0 Å². The fourth-order valence-corrected chi connectivity index (χ4v) is 3.30. The maximum Gasteiger partial charge on any atom is 4.00 e. The molecule has 0 bridgehead atoms. The van der Waals surface area contributed by atoms with Crippen LogP contribution < -0.4 is 24.8 Å². The molecule has 0 heterocycles. The molecule has 0 fully saturated rings. The first kappa shape index (κ1) is 30.2. The predicted octanol–water partition coefficient (Wildman–Crippen LogP) is 0.722. The Bertz CT molecular complexity index is 487. The first-order valence-corrected chi connectivity index (χ1v) is 8.48. The Balaban J connectivity index is -0.000000346. The van der Waals surface area contributed by atoms with Gasteiger partial charge in [-0.25, -0.2) is 11.1 Å². The monoisotopic (exact) mass is 458 g/mol. The molecule has 0 aromatic heterocycles. The van der Waals surface area contributed by atoms with Gasteiger partial charge < -0.3 is 24.8 Å². The summed E-state index contributed by atoms with van der Waals surface area (Å²) in [5.41, 5.74) is 6.19. The molecule has 0 aliphatic heterocycles. The molecule has 0 spiro atoms. The van der Waals surface area contributed by atoms with Crippen LogP contribution in [0.2, 0.25) is 0 Å². The van der Waals surface area contributed by atoms with Crippen molar-refractivity contribution in [2.24, 2.45) is 22.7 Å². The van der Waals surface area contributed by atoms with Gasteiger partial charge in [0.1, 0.15) is 0 Å². The second kappa shape index (κ2) is 11.3. The third-order valence-corrected chi connectivity index (χ3v) is 4.15. The summed E-state index contributed by atoms with van der Waals surface area (Å²) in [5, 5.41) is 0. The SMILES string of the molecule is CC1=[C-]C(C)C=C1C(C)(C)C.CC1=[C-]C(C)C=C1C(C)(C)C.[Cl-].[Cl-].[Zr+4]. The number of hydrogen-bond donors (Lipinski definition) is 0. The first-order chi connectivity index (χ1) is 9.82. The summed E-state index contributed by atoms with van der Waals surface area (Å²) >= 11 is 0. The van der Waals surface area contributed by atoms with Crippen molar-refractivity contribution in [1.82, 2.24) is 0 Å². The summed E-state index contributed by atoms with van der Waals surface area (Å²) < 4.78 is 0. The zero-order chi connectivity index (χ0) is 17.3. The van der Waals surface area contributed by atoms with E-state index >= 15 is 0 Å². The van der Waals surface area contributed by atoms with Gasteiger partial charge in [0.15, 0.2) is 0 Å². The molecule has 2 atom stereocenters. The van der Waals surface area contributed by atoms with Gasteiger partial charge in [0, 0.05) is 0 Å². The number of halogens is 2. The Kier molecular flexibility index (Phi) is 13.6. The Morgan fingerprint density at radius 3 is 1.00 bits per heavy atom. The van der Waals surface area contributed by atoms with Crippen LogP contribution in [0.15, 0.2) is 34.4 Å². The van der Waals surface area contributed by atoms with Crippen LogP contribution in [0.3, 0.4) is 0 Å². The first-order valence-electron chi connectivity index (χ1n) is 8.48. The molecular formula is C22H34Cl2Zr. The molecule has 0 nitrogen and oxygen atoms in total. The Morgan fingerprint density at radius 1 is 0.680 bits per heavy atom. The third-order valence-electron chi connectivity index (χ3n) is 4.15. The maximum atomic E-state index is 3.40. The van der Waals surface area contributed by atoms with E-state index in [0.29, 0.717) is 22.7 Å². The number of allylic oxidation sites excluding steroid dienone is 8. The zero-order valence-electron chi connectivity index (χ0n) is 17.6. The summed E-state index contributed by atoms with van der Waals surface area (Å²) in [6, 6.07) is 0. The largest absolute Gasteiger partial charge is 4.00 e. The van der Waals surface area contributed by atoms with E-state index < -0.39 is 0 Å². The molecule has 2 rings (SSSR count). The van der Waals surface area contributed by atoms with Crippen molar-refractivity contribution in [3.8, 4) is 0 Å². The molecule has 0 saturated heterocycles. The summed E-state index contributed by atoms with van der Waals surface area (Å²) in [6.07, 6.45) is 11.4. The average Bonchev–Trinajstić information content (AvgIpc) is 2.80. The van der Waals surface area contributed by atoms with Gasteiger partial charge in [0.25, 0.3) is 0 Å². The minimum Gasteiger partial charge on any atom is -1.00 e. The molecule has 3 heteroatoms. The second-order valence-electron chi connectivity index (χ2n) is 8.78. The van der Waals surface area contributed by atoms with Crippen molar-refractivity contribution >= 4 is 0 Å². The summed E-state index contributed by atoms with van der Waals surface area (Å²) in [5.74, 6) is 1.04. The third kappa shape index (κ3) is 9.26. The zero-order valence-corrected chi connectivity index (χ0v) is 21.5. The van der Waals surface area contributed by atoms with Crippen LogP contribution in [-0.4, -0.2) is 0 Å². The summed E-state index contributed by atoms with van der Waals surface area (Å²) in [6.45, 7) is 22.2. The van der Waals surface area contributed by atoms with E-state index in [1.165, 1.54) is 22.3 Å². The molecular weight excluding hydrogens is 426 g/mol. The smallest absolute Gasteiger partial charge is 1.00 e. The molecule has 0 N–H and O–H groups in total. The average molecular weight is 461 g/mol. The summed E-state index contributed by atoms with van der Waals surface area (Å²) in [7, 11) is 0. The Hall–Kier alpha value is 0.423. The molecule has 0 aromatic rings. The maximum absolute atomic E-state index is 3.40. The van der Waals surface area contributed by atoms with Crippen molar-refractivity contribution in [3.05, 3.63) is 46.6 Å². The van der Waals surface area contributed by atoms with Crippen LogP contribution in [0.1, 0.15) is 69.2 Å². The van der Waals surface area contributed by atoms with Crippen LogP contribution in [0, 0.1) is 34.8 Å². The molecule has 0 saturated carbocycles. The van der Waals surface area contributed by atoms with Gasteiger partial charge in [-0.1, -0.05) is 91.9 Å². The fraction of sp³-hybridized carbons (Fsp3) is 0.636. The predicted molar refractivity (Wildman–Crippen MR) is 98.3 cm³/mol. The number of hydrogen-bond acceptors (Lipinski definition) is 0. The van der Waals surface area contributed by atoms with Crippen molar-refractivity contribution in [1.29, 1.82) is 0 Å². The van der Waals surface area contributed by atoms with E-state index in [9.17, 15) is 0 Å². The van der Waals surface area contributed by atoms with Gasteiger partial charge >= 0.3 is 26.2 Å². The van der Waals surface area contributed by atoms with Crippen LogP contribution in [0.5, 0.6) is 0 Å². The van der Waals surface area contributed by atoms with Gasteiger partial charge in [-0.3, -0.25) is 12.2 Å². The fourth-order valence-electron chi connectivity index (χ4n) is 3.30. The minimum atomic E-state index is 0. The van der Waals surface area contributed by atoms with Crippen LogP contribution in [0.25, 0.3) is 0 Å². The van der Waals surface area contributed by atoms with Crippen molar-refractivity contribution in [3.63, 3.8) is 0 Å². The molecule has 0 aromatic carbocycles. The topological polar surface area (TPSA) is 0 Å². The van der Waals surface area contributed by atoms with E-state index in [1.807, 2.05) is 0 Å². The second-order valence-corrected chi connectivity index (χ2v) is 8.78. The van der Waals surface area contributed by atoms with Gasteiger partial charge in [-0.15, -0.1) is 0 Å². The van der Waals surface area contributed by atoms with Crippen LogP contribution >= 0.6 is 0 Å². The van der Waals surface area contributed by atoms with E-state index in [1.54, 1.807) is 0 Å². The molecule has 2 unspecified atom stereocenters. The van der Waals surface area contributed by atoms with E-state index in [2.05, 4.69) is 93.5 Å². The van der Waals surface area contributed by atoms with Gasteiger partial charge in [-0.05, 0) is 0 Å². The quantitative estimate of drug-likeness (QED) is 0.468. The van der Waals surface area contributed by atoms with Crippen LogP contribution in [-0.2, 0) is 26.2 Å². The standard InChI is InChI=1S/2C11H17.2ClH.Zr/c2*1-8-6-9(2)10(7-8)11(3,4)5;;;/h2*7-8H,1-5H3;2*1H;/q2*-1;;;+4/p-2. The molecule has 0 amide bonds. The summed E-state index contributed by atoms with van der Waals surface area (Å²) in [4.78, 5) is 0. The molecule has 25 heavy (non-hydrogen) atoms. The molecule has 2 aliphatic rings. The van der Waals surface area contributed by atoms with Crippen molar-refractivity contribution < 1.29 is 51.0 Å². The van der Waals surface area contributed by atoms with Gasteiger partial charge in [0.05, 0.1) is 0 Å². The van der Waals surface area contributed by atoms with Crippen molar-refractivity contribution in [2.75, 3.05) is 0 Å². The Labute approximate surface area is 188 Å². The van der Waals surface area contributed by atoms with E-state index in [0.717, 1.165) is 0 Å². The van der Waals surface area contributed by atoms with E-state index in [-0.39, 0.29) is 51.0 Å².